The zero-order valence-corrected chi connectivity index (χ0v) is 13.9. The molecule has 0 saturated carbocycles. The number of aryl methyl sites for hydroxylation is 1. The third-order valence-electron chi connectivity index (χ3n) is 3.43. The van der Waals surface area contributed by atoms with Gasteiger partial charge in [0.25, 0.3) is 0 Å². The first kappa shape index (κ1) is 17.7. The first-order valence-electron chi connectivity index (χ1n) is 7.57. The van der Waals surface area contributed by atoms with Gasteiger partial charge in [-0.2, -0.15) is 0 Å². The highest BCUT2D eigenvalue weighted by molar-refractivity contribution is 5.56. The van der Waals surface area contributed by atoms with Gasteiger partial charge in [0.2, 0.25) is 0 Å². The largest absolute Gasteiger partial charge is 0.493 e. The summed E-state index contributed by atoms with van der Waals surface area (Å²) in [5.74, 6) is 2.35. The molecule has 5 nitrogen and oxygen atoms in total. The zero-order valence-electron chi connectivity index (χ0n) is 13.9. The maximum Gasteiger partial charge on any atom is 0.171 e. The van der Waals surface area contributed by atoms with Crippen LogP contribution in [0.2, 0.25) is 0 Å². The van der Waals surface area contributed by atoms with Gasteiger partial charge in [-0.1, -0.05) is 13.8 Å². The topological polar surface area (TPSA) is 43.8 Å². The molecule has 0 aromatic carbocycles. The molecule has 0 spiro atoms. The van der Waals surface area contributed by atoms with Gasteiger partial charge in [0, 0.05) is 32.3 Å². The van der Waals surface area contributed by atoms with Crippen LogP contribution < -0.4 is 9.64 Å². The summed E-state index contributed by atoms with van der Waals surface area (Å²) >= 11 is 0. The van der Waals surface area contributed by atoms with Gasteiger partial charge in [0.1, 0.15) is 6.79 Å². The van der Waals surface area contributed by atoms with Crippen molar-refractivity contribution in [2.45, 2.75) is 27.2 Å². The molecule has 2 rings (SSSR count). The smallest absolute Gasteiger partial charge is 0.171 e. The molecule has 1 aliphatic rings. The van der Waals surface area contributed by atoms with E-state index in [0.29, 0.717) is 12.7 Å². The normalized spacial score (nSPS) is 17.4. The SMILES string of the molecule is CC.COCOCC1CCN(c2nccc(C)c2OC)C1. The van der Waals surface area contributed by atoms with Crippen molar-refractivity contribution in [2.24, 2.45) is 5.92 Å². The van der Waals surface area contributed by atoms with Gasteiger partial charge in [0.05, 0.1) is 13.7 Å². The summed E-state index contributed by atoms with van der Waals surface area (Å²) in [5.41, 5.74) is 1.12. The molecule has 1 saturated heterocycles. The van der Waals surface area contributed by atoms with E-state index in [0.717, 1.165) is 43.2 Å². The second kappa shape index (κ2) is 9.58. The number of anilines is 1. The summed E-state index contributed by atoms with van der Waals surface area (Å²) in [6.07, 6.45) is 2.95. The fraction of sp³-hybridized carbons (Fsp3) is 0.688. The number of rotatable bonds is 6. The van der Waals surface area contributed by atoms with Crippen LogP contribution in [-0.2, 0) is 9.47 Å². The van der Waals surface area contributed by atoms with Crippen molar-refractivity contribution in [1.82, 2.24) is 4.98 Å². The highest BCUT2D eigenvalue weighted by Crippen LogP contribution is 2.32. The molecule has 120 valence electrons. The fourth-order valence-corrected chi connectivity index (χ4v) is 2.47. The van der Waals surface area contributed by atoms with Crippen LogP contribution in [0.4, 0.5) is 5.82 Å². The first-order chi connectivity index (χ1) is 10.3. The molecule has 0 amide bonds. The van der Waals surface area contributed by atoms with Crippen molar-refractivity contribution in [3.63, 3.8) is 0 Å². The average Bonchev–Trinajstić information content (AvgIpc) is 2.98. The summed E-state index contributed by atoms with van der Waals surface area (Å²) < 4.78 is 15.8. The third kappa shape index (κ3) is 4.86. The molecule has 1 aliphatic heterocycles. The molecule has 1 atom stereocenters. The van der Waals surface area contributed by atoms with Crippen LogP contribution in [0.5, 0.6) is 5.75 Å². The molecular formula is C16H28N2O3. The number of nitrogens with zero attached hydrogens (tertiary/aromatic N) is 2. The molecule has 21 heavy (non-hydrogen) atoms. The lowest BCUT2D eigenvalue weighted by Gasteiger charge is -2.21. The predicted octanol–water partition coefficient (Wildman–Crippen LogP) is 2.87. The third-order valence-corrected chi connectivity index (χ3v) is 3.43. The molecule has 1 aromatic rings. The molecule has 1 aromatic heterocycles. The molecule has 2 heterocycles. The van der Waals surface area contributed by atoms with E-state index in [1.807, 2.05) is 33.0 Å². The molecule has 1 fully saturated rings. The Hall–Kier alpha value is -1.33. The number of hydrogen-bond acceptors (Lipinski definition) is 5. The van der Waals surface area contributed by atoms with E-state index in [2.05, 4.69) is 9.88 Å². The van der Waals surface area contributed by atoms with E-state index in [1.54, 1.807) is 14.2 Å². The average molecular weight is 296 g/mol. The molecule has 0 radical (unpaired) electrons. The second-order valence-corrected chi connectivity index (χ2v) is 4.86. The second-order valence-electron chi connectivity index (χ2n) is 4.86. The van der Waals surface area contributed by atoms with Gasteiger partial charge in [-0.15, -0.1) is 0 Å². The lowest BCUT2D eigenvalue weighted by molar-refractivity contribution is -0.0411. The van der Waals surface area contributed by atoms with Crippen LogP contribution in [0.15, 0.2) is 12.3 Å². The molecular weight excluding hydrogens is 268 g/mol. The Labute approximate surface area is 128 Å². The summed E-state index contributed by atoms with van der Waals surface area (Å²) in [6, 6.07) is 1.97. The molecule has 1 unspecified atom stereocenters. The van der Waals surface area contributed by atoms with E-state index >= 15 is 0 Å². The van der Waals surface area contributed by atoms with E-state index in [1.165, 1.54) is 0 Å². The number of aromatic nitrogens is 1. The minimum atomic E-state index is 0.364. The van der Waals surface area contributed by atoms with Gasteiger partial charge in [-0.3, -0.25) is 0 Å². The van der Waals surface area contributed by atoms with Crippen LogP contribution in [0, 0.1) is 12.8 Å². The van der Waals surface area contributed by atoms with Gasteiger partial charge in [-0.25, -0.2) is 4.98 Å². The van der Waals surface area contributed by atoms with Crippen LogP contribution in [0.1, 0.15) is 25.8 Å². The summed E-state index contributed by atoms with van der Waals surface area (Å²) in [6.45, 7) is 9.09. The first-order valence-corrected chi connectivity index (χ1v) is 7.57. The summed E-state index contributed by atoms with van der Waals surface area (Å²) in [5, 5.41) is 0. The molecule has 0 N–H and O–H groups in total. The van der Waals surface area contributed by atoms with Crippen LogP contribution in [0.3, 0.4) is 0 Å². The van der Waals surface area contributed by atoms with Crippen LogP contribution in [-0.4, -0.2) is 45.7 Å². The van der Waals surface area contributed by atoms with Gasteiger partial charge >= 0.3 is 0 Å². The molecule has 0 bridgehead atoms. The fourth-order valence-electron chi connectivity index (χ4n) is 2.47. The van der Waals surface area contributed by atoms with Gasteiger partial charge < -0.3 is 19.1 Å². The summed E-state index contributed by atoms with van der Waals surface area (Å²) in [7, 11) is 3.34. The highest BCUT2D eigenvalue weighted by atomic mass is 16.7. The Morgan fingerprint density at radius 3 is 2.76 bits per heavy atom. The van der Waals surface area contributed by atoms with Crippen LogP contribution >= 0.6 is 0 Å². The lowest BCUT2D eigenvalue weighted by Crippen LogP contribution is -2.23. The predicted molar refractivity (Wildman–Crippen MR) is 85.0 cm³/mol. The number of pyridine rings is 1. The Morgan fingerprint density at radius 1 is 1.33 bits per heavy atom. The zero-order chi connectivity index (χ0) is 15.7. The van der Waals surface area contributed by atoms with Crippen molar-refractivity contribution in [2.75, 3.05) is 45.6 Å². The minimum Gasteiger partial charge on any atom is -0.493 e. The maximum absolute atomic E-state index is 5.47. The van der Waals surface area contributed by atoms with Crippen molar-refractivity contribution >= 4 is 5.82 Å². The van der Waals surface area contributed by atoms with Crippen molar-refractivity contribution in [1.29, 1.82) is 0 Å². The lowest BCUT2D eigenvalue weighted by atomic mass is 10.1. The Kier molecular flexibility index (Phi) is 8.08. The maximum atomic E-state index is 5.47. The van der Waals surface area contributed by atoms with Crippen LogP contribution in [0.25, 0.3) is 0 Å². The van der Waals surface area contributed by atoms with Gasteiger partial charge in [0.15, 0.2) is 11.6 Å². The van der Waals surface area contributed by atoms with E-state index < -0.39 is 0 Å². The highest BCUT2D eigenvalue weighted by Gasteiger charge is 2.26. The van der Waals surface area contributed by atoms with E-state index in [-0.39, 0.29) is 0 Å². The standard InChI is InChI=1S/C14H22N2O3.C2H6/c1-11-4-6-15-14(13(11)18-3)16-7-5-12(8-16)9-19-10-17-2;1-2/h4,6,12H,5,7-10H2,1-3H3;1-2H3. The van der Waals surface area contributed by atoms with Crippen molar-refractivity contribution in [3.05, 3.63) is 17.8 Å². The Bertz CT molecular complexity index is 413. The van der Waals surface area contributed by atoms with E-state index in [4.69, 9.17) is 14.2 Å². The summed E-state index contributed by atoms with van der Waals surface area (Å²) in [4.78, 5) is 6.73. The Balaban J connectivity index is 0.00000106. The quantitative estimate of drug-likeness (QED) is 0.596. The molecule has 0 aliphatic carbocycles. The molecule has 5 heteroatoms. The Morgan fingerprint density at radius 2 is 2.10 bits per heavy atom. The monoisotopic (exact) mass is 296 g/mol. The van der Waals surface area contributed by atoms with Crippen molar-refractivity contribution < 1.29 is 14.2 Å². The minimum absolute atomic E-state index is 0.364. The van der Waals surface area contributed by atoms with Crippen molar-refractivity contribution in [3.8, 4) is 5.75 Å². The number of hydrogen-bond donors (Lipinski definition) is 0. The van der Waals surface area contributed by atoms with Gasteiger partial charge in [-0.05, 0) is 25.0 Å². The van der Waals surface area contributed by atoms with E-state index in [9.17, 15) is 0 Å². The number of ether oxygens (including phenoxy) is 3. The number of methoxy groups -OCH3 is 2.